The molecule has 1 aliphatic heterocycles. The second-order valence-electron chi connectivity index (χ2n) is 6.02. The molecular formula is C17H20N4. The molecule has 0 N–H and O–H groups in total. The third-order valence-electron chi connectivity index (χ3n) is 4.39. The number of nitriles is 1. The van der Waals surface area contributed by atoms with Crippen molar-refractivity contribution in [2.45, 2.75) is 26.7 Å². The second-order valence-corrected chi connectivity index (χ2v) is 6.02. The van der Waals surface area contributed by atoms with Crippen molar-refractivity contribution in [2.24, 2.45) is 11.8 Å². The Morgan fingerprint density at radius 3 is 2.71 bits per heavy atom. The number of anilines is 1. The number of benzene rings is 1. The summed E-state index contributed by atoms with van der Waals surface area (Å²) in [5.41, 5.74) is 3.27. The maximum absolute atomic E-state index is 9.23. The van der Waals surface area contributed by atoms with Crippen molar-refractivity contribution >= 4 is 16.7 Å². The molecule has 1 aromatic heterocycles. The van der Waals surface area contributed by atoms with Gasteiger partial charge in [0, 0.05) is 25.5 Å². The molecule has 4 nitrogen and oxygen atoms in total. The van der Waals surface area contributed by atoms with E-state index in [1.54, 1.807) is 12.4 Å². The molecule has 3 rings (SSSR count). The molecule has 0 spiro atoms. The molecule has 4 heteroatoms. The minimum absolute atomic E-state index is 0.596. The van der Waals surface area contributed by atoms with Gasteiger partial charge in [0.2, 0.25) is 0 Å². The van der Waals surface area contributed by atoms with Crippen LogP contribution < -0.4 is 4.90 Å². The van der Waals surface area contributed by atoms with Gasteiger partial charge in [0.25, 0.3) is 0 Å². The quantitative estimate of drug-likeness (QED) is 0.846. The van der Waals surface area contributed by atoms with Gasteiger partial charge in [-0.05, 0) is 30.4 Å². The van der Waals surface area contributed by atoms with E-state index in [0.717, 1.165) is 30.2 Å². The van der Waals surface area contributed by atoms with Gasteiger partial charge in [-0.1, -0.05) is 20.3 Å². The van der Waals surface area contributed by atoms with Gasteiger partial charge in [-0.2, -0.15) is 5.26 Å². The fraction of sp³-hybridized carbons (Fsp3) is 0.471. The topological polar surface area (TPSA) is 52.8 Å². The third-order valence-corrected chi connectivity index (χ3v) is 4.39. The van der Waals surface area contributed by atoms with Crippen molar-refractivity contribution in [3.8, 4) is 6.07 Å². The Bertz CT molecular complexity index is 689. The summed E-state index contributed by atoms with van der Waals surface area (Å²) in [6.45, 7) is 6.69. The maximum atomic E-state index is 9.23. The van der Waals surface area contributed by atoms with Gasteiger partial charge in [0.15, 0.2) is 0 Å². The Kier molecular flexibility index (Phi) is 3.74. The van der Waals surface area contributed by atoms with Crippen LogP contribution in [0.4, 0.5) is 5.69 Å². The zero-order chi connectivity index (χ0) is 14.8. The Balaban J connectivity index is 2.07. The Hall–Kier alpha value is -2.15. The molecule has 0 radical (unpaired) electrons. The standard InChI is InChI=1S/C17H20N4/c1-3-13-8-12(2)10-21(11-13)15-5-4-14(9-18)16-17(15)20-7-6-19-16/h4-7,12-13H,3,8,10-11H2,1-2H3/t12-,13+/m0/s1. The molecule has 2 atom stereocenters. The van der Waals surface area contributed by atoms with Crippen LogP contribution >= 0.6 is 0 Å². The third kappa shape index (κ3) is 2.56. The number of fused-ring (bicyclic) bond motifs is 1. The number of hydrogen-bond acceptors (Lipinski definition) is 4. The Morgan fingerprint density at radius 1 is 1.24 bits per heavy atom. The van der Waals surface area contributed by atoms with Crippen LogP contribution in [0.2, 0.25) is 0 Å². The minimum atomic E-state index is 0.596. The van der Waals surface area contributed by atoms with Crippen LogP contribution in [0, 0.1) is 23.2 Å². The summed E-state index contributed by atoms with van der Waals surface area (Å²) in [6, 6.07) is 6.10. The van der Waals surface area contributed by atoms with Crippen LogP contribution in [0.15, 0.2) is 24.5 Å². The van der Waals surface area contributed by atoms with E-state index in [2.05, 4.69) is 34.8 Å². The van der Waals surface area contributed by atoms with E-state index in [4.69, 9.17) is 0 Å². The van der Waals surface area contributed by atoms with Crippen molar-refractivity contribution < 1.29 is 0 Å². The molecule has 0 bridgehead atoms. The zero-order valence-electron chi connectivity index (χ0n) is 12.6. The number of hydrogen-bond donors (Lipinski definition) is 0. The van der Waals surface area contributed by atoms with Crippen molar-refractivity contribution in [1.29, 1.82) is 5.26 Å². The van der Waals surface area contributed by atoms with Crippen molar-refractivity contribution in [3.63, 3.8) is 0 Å². The number of piperidine rings is 1. The molecular weight excluding hydrogens is 260 g/mol. The molecule has 1 saturated heterocycles. The van der Waals surface area contributed by atoms with Gasteiger partial charge in [-0.15, -0.1) is 0 Å². The molecule has 2 aromatic rings. The molecule has 1 aliphatic rings. The summed E-state index contributed by atoms with van der Waals surface area (Å²) in [7, 11) is 0. The molecule has 0 unspecified atom stereocenters. The fourth-order valence-electron chi connectivity index (χ4n) is 3.36. The molecule has 0 amide bonds. The maximum Gasteiger partial charge on any atom is 0.113 e. The summed E-state index contributed by atoms with van der Waals surface area (Å²) in [5, 5.41) is 9.23. The average Bonchev–Trinajstić information content (AvgIpc) is 2.53. The number of aromatic nitrogens is 2. The largest absolute Gasteiger partial charge is 0.369 e. The fourth-order valence-corrected chi connectivity index (χ4v) is 3.36. The van der Waals surface area contributed by atoms with Gasteiger partial charge >= 0.3 is 0 Å². The van der Waals surface area contributed by atoms with Crippen molar-refractivity contribution in [1.82, 2.24) is 9.97 Å². The molecule has 0 aliphatic carbocycles. The van der Waals surface area contributed by atoms with Crippen LogP contribution in [-0.4, -0.2) is 23.1 Å². The molecule has 0 saturated carbocycles. The van der Waals surface area contributed by atoms with E-state index < -0.39 is 0 Å². The van der Waals surface area contributed by atoms with Gasteiger partial charge in [0.05, 0.1) is 11.3 Å². The van der Waals surface area contributed by atoms with Crippen LogP contribution in [0.25, 0.3) is 11.0 Å². The molecule has 1 aromatic carbocycles. The van der Waals surface area contributed by atoms with Crippen molar-refractivity contribution in [3.05, 3.63) is 30.1 Å². The number of rotatable bonds is 2. The van der Waals surface area contributed by atoms with E-state index >= 15 is 0 Å². The second kappa shape index (κ2) is 5.69. The van der Waals surface area contributed by atoms with E-state index in [1.807, 2.05) is 12.1 Å². The van der Waals surface area contributed by atoms with Crippen molar-refractivity contribution in [2.75, 3.05) is 18.0 Å². The van der Waals surface area contributed by atoms with E-state index in [-0.39, 0.29) is 0 Å². The predicted molar refractivity (Wildman–Crippen MR) is 84.0 cm³/mol. The smallest absolute Gasteiger partial charge is 0.113 e. The first-order chi connectivity index (χ1) is 10.2. The normalized spacial score (nSPS) is 22.2. The van der Waals surface area contributed by atoms with E-state index in [1.165, 1.54) is 12.8 Å². The molecule has 21 heavy (non-hydrogen) atoms. The van der Waals surface area contributed by atoms with E-state index in [0.29, 0.717) is 17.0 Å². The Morgan fingerprint density at radius 2 is 2.00 bits per heavy atom. The monoisotopic (exact) mass is 280 g/mol. The van der Waals surface area contributed by atoms with Crippen LogP contribution in [0.3, 0.4) is 0 Å². The van der Waals surface area contributed by atoms with E-state index in [9.17, 15) is 5.26 Å². The first-order valence-corrected chi connectivity index (χ1v) is 7.61. The van der Waals surface area contributed by atoms with Gasteiger partial charge in [-0.25, -0.2) is 0 Å². The highest BCUT2D eigenvalue weighted by Gasteiger charge is 2.25. The lowest BCUT2D eigenvalue weighted by Gasteiger charge is -2.38. The predicted octanol–water partition coefficient (Wildman–Crippen LogP) is 3.37. The van der Waals surface area contributed by atoms with Crippen LogP contribution in [-0.2, 0) is 0 Å². The SMILES string of the molecule is CC[C@@H]1C[C@H](C)CN(c2ccc(C#N)c3nccnc23)C1. The van der Waals surface area contributed by atoms with Crippen LogP contribution in [0.5, 0.6) is 0 Å². The summed E-state index contributed by atoms with van der Waals surface area (Å²) < 4.78 is 0. The molecule has 108 valence electrons. The highest BCUT2D eigenvalue weighted by atomic mass is 15.1. The molecule has 1 fully saturated rings. The lowest BCUT2D eigenvalue weighted by atomic mass is 9.88. The summed E-state index contributed by atoms with van der Waals surface area (Å²) in [6.07, 6.45) is 5.87. The van der Waals surface area contributed by atoms with Crippen LogP contribution in [0.1, 0.15) is 32.3 Å². The summed E-state index contributed by atoms with van der Waals surface area (Å²) in [4.78, 5) is 11.3. The van der Waals surface area contributed by atoms with Gasteiger partial charge < -0.3 is 4.90 Å². The lowest BCUT2D eigenvalue weighted by Crippen LogP contribution is -2.39. The summed E-state index contributed by atoms with van der Waals surface area (Å²) in [5.74, 6) is 1.42. The number of nitrogens with zero attached hydrogens (tertiary/aromatic N) is 4. The first-order valence-electron chi connectivity index (χ1n) is 7.61. The minimum Gasteiger partial charge on any atom is -0.369 e. The lowest BCUT2D eigenvalue weighted by molar-refractivity contribution is 0.329. The highest BCUT2D eigenvalue weighted by Crippen LogP contribution is 2.32. The highest BCUT2D eigenvalue weighted by molar-refractivity contribution is 5.91. The first kappa shape index (κ1) is 13.8. The Labute approximate surface area is 125 Å². The average molecular weight is 280 g/mol. The molecule has 2 heterocycles. The zero-order valence-corrected chi connectivity index (χ0v) is 12.6. The van der Waals surface area contributed by atoms with Gasteiger partial charge in [0.1, 0.15) is 17.1 Å². The van der Waals surface area contributed by atoms with Gasteiger partial charge in [-0.3, -0.25) is 9.97 Å². The summed E-state index contributed by atoms with van der Waals surface area (Å²) >= 11 is 0.